The lowest BCUT2D eigenvalue weighted by Crippen LogP contribution is -2.52. The molecule has 214 valence electrons. The SMILES string of the molecule is CCOc1ccc(CCC(=O)N(Cc2ccc(F)cc2)C(Cc2ccccc2)C(=O)NC(C)CC)cc1OCC. The van der Waals surface area contributed by atoms with Crippen molar-refractivity contribution in [3.05, 3.63) is 95.3 Å². The van der Waals surface area contributed by atoms with Crippen LogP contribution in [0.2, 0.25) is 0 Å². The van der Waals surface area contributed by atoms with Gasteiger partial charge in [0, 0.05) is 25.4 Å². The number of hydrogen-bond acceptors (Lipinski definition) is 4. The molecule has 2 unspecified atom stereocenters. The molecule has 2 atom stereocenters. The van der Waals surface area contributed by atoms with Crippen LogP contribution in [0.15, 0.2) is 72.8 Å². The average molecular weight is 549 g/mol. The molecule has 0 saturated heterocycles. The number of nitrogens with zero attached hydrogens (tertiary/aromatic N) is 1. The van der Waals surface area contributed by atoms with Crippen molar-refractivity contribution in [1.29, 1.82) is 0 Å². The fraction of sp³-hybridized carbons (Fsp3) is 0.394. The molecular weight excluding hydrogens is 507 g/mol. The summed E-state index contributed by atoms with van der Waals surface area (Å²) in [5, 5.41) is 3.07. The van der Waals surface area contributed by atoms with E-state index in [0.29, 0.717) is 37.6 Å². The first kappa shape index (κ1) is 30.7. The van der Waals surface area contributed by atoms with Gasteiger partial charge in [-0.05, 0) is 74.6 Å². The minimum absolute atomic E-state index is 0.0330. The summed E-state index contributed by atoms with van der Waals surface area (Å²) in [6, 6.07) is 20.7. The second-order valence-electron chi connectivity index (χ2n) is 9.82. The Labute approximate surface area is 237 Å². The molecule has 0 spiro atoms. The van der Waals surface area contributed by atoms with E-state index < -0.39 is 6.04 Å². The van der Waals surface area contributed by atoms with E-state index in [4.69, 9.17) is 9.47 Å². The van der Waals surface area contributed by atoms with Gasteiger partial charge in [0.05, 0.1) is 13.2 Å². The summed E-state index contributed by atoms with van der Waals surface area (Å²) in [6.45, 7) is 9.01. The standard InChI is InChI=1S/C33H41FN2O4/c1-5-24(4)35-33(38)29(21-25-11-9-8-10-12-25)36(23-27-13-17-28(34)18-14-27)32(37)20-16-26-15-19-30(39-6-2)31(22-26)40-7-3/h8-15,17-19,22,24,29H,5-7,16,20-21,23H2,1-4H3,(H,35,38). The number of rotatable bonds is 15. The molecule has 0 fully saturated rings. The molecule has 2 amide bonds. The molecule has 1 N–H and O–H groups in total. The van der Waals surface area contributed by atoms with E-state index in [2.05, 4.69) is 5.32 Å². The average Bonchev–Trinajstić information content (AvgIpc) is 2.96. The second kappa shape index (κ2) is 15.7. The third kappa shape index (κ3) is 9.11. The normalized spacial score (nSPS) is 12.3. The lowest BCUT2D eigenvalue weighted by molar-refractivity contribution is -0.141. The highest BCUT2D eigenvalue weighted by Crippen LogP contribution is 2.29. The molecule has 0 aromatic heterocycles. The predicted molar refractivity (Wildman–Crippen MR) is 156 cm³/mol. The van der Waals surface area contributed by atoms with Gasteiger partial charge in [0.2, 0.25) is 11.8 Å². The number of aryl methyl sites for hydroxylation is 1. The van der Waals surface area contributed by atoms with Crippen LogP contribution in [0.3, 0.4) is 0 Å². The Morgan fingerprint density at radius 3 is 2.15 bits per heavy atom. The number of hydrogen-bond donors (Lipinski definition) is 1. The van der Waals surface area contributed by atoms with Crippen LogP contribution in [-0.4, -0.2) is 42.0 Å². The fourth-order valence-electron chi connectivity index (χ4n) is 4.43. The van der Waals surface area contributed by atoms with Crippen molar-refractivity contribution in [3.8, 4) is 11.5 Å². The van der Waals surface area contributed by atoms with Crippen molar-refractivity contribution in [3.63, 3.8) is 0 Å². The first-order valence-electron chi connectivity index (χ1n) is 14.1. The van der Waals surface area contributed by atoms with Crippen molar-refractivity contribution in [1.82, 2.24) is 10.2 Å². The highest BCUT2D eigenvalue weighted by atomic mass is 19.1. The van der Waals surface area contributed by atoms with Crippen molar-refractivity contribution in [2.45, 2.75) is 72.0 Å². The van der Waals surface area contributed by atoms with Crippen LogP contribution in [0, 0.1) is 5.82 Å². The quantitative estimate of drug-likeness (QED) is 0.249. The zero-order valence-electron chi connectivity index (χ0n) is 24.0. The van der Waals surface area contributed by atoms with Crippen LogP contribution >= 0.6 is 0 Å². The lowest BCUT2D eigenvalue weighted by atomic mass is 10.0. The zero-order chi connectivity index (χ0) is 28.9. The number of halogens is 1. The zero-order valence-corrected chi connectivity index (χ0v) is 24.0. The maximum absolute atomic E-state index is 13.9. The Kier molecular flexibility index (Phi) is 12.0. The summed E-state index contributed by atoms with van der Waals surface area (Å²) in [5.74, 6) is 0.608. The molecule has 3 aromatic rings. The first-order valence-corrected chi connectivity index (χ1v) is 14.1. The van der Waals surface area contributed by atoms with Gasteiger partial charge in [-0.3, -0.25) is 9.59 Å². The highest BCUT2D eigenvalue weighted by molar-refractivity contribution is 5.88. The molecule has 0 saturated carbocycles. The van der Waals surface area contributed by atoms with Crippen LogP contribution in [0.5, 0.6) is 11.5 Å². The van der Waals surface area contributed by atoms with Gasteiger partial charge in [0.15, 0.2) is 11.5 Å². The van der Waals surface area contributed by atoms with E-state index in [1.807, 2.05) is 76.2 Å². The Morgan fingerprint density at radius 1 is 0.850 bits per heavy atom. The maximum Gasteiger partial charge on any atom is 0.243 e. The minimum Gasteiger partial charge on any atom is -0.490 e. The van der Waals surface area contributed by atoms with Crippen molar-refractivity contribution >= 4 is 11.8 Å². The number of nitrogens with one attached hydrogen (secondary N) is 1. The Bertz CT molecular complexity index is 1220. The van der Waals surface area contributed by atoms with E-state index in [9.17, 15) is 14.0 Å². The van der Waals surface area contributed by atoms with Gasteiger partial charge >= 0.3 is 0 Å². The molecule has 0 aliphatic heterocycles. The summed E-state index contributed by atoms with van der Waals surface area (Å²) in [7, 11) is 0. The largest absolute Gasteiger partial charge is 0.490 e. The minimum atomic E-state index is -0.728. The Morgan fingerprint density at radius 2 is 1.50 bits per heavy atom. The van der Waals surface area contributed by atoms with Crippen molar-refractivity contribution in [2.75, 3.05) is 13.2 Å². The van der Waals surface area contributed by atoms with Crippen molar-refractivity contribution in [2.24, 2.45) is 0 Å². The van der Waals surface area contributed by atoms with E-state index in [1.165, 1.54) is 12.1 Å². The molecule has 0 heterocycles. The topological polar surface area (TPSA) is 67.9 Å². The molecule has 0 bridgehead atoms. The Balaban J connectivity index is 1.90. The smallest absolute Gasteiger partial charge is 0.243 e. The second-order valence-corrected chi connectivity index (χ2v) is 9.82. The predicted octanol–water partition coefficient (Wildman–Crippen LogP) is 6.11. The number of carbonyl (C=O) groups excluding carboxylic acids is 2. The number of carbonyl (C=O) groups is 2. The molecule has 3 rings (SSSR count). The molecule has 3 aromatic carbocycles. The third-order valence-corrected chi connectivity index (χ3v) is 6.77. The van der Waals surface area contributed by atoms with Gasteiger partial charge in [-0.1, -0.05) is 55.5 Å². The van der Waals surface area contributed by atoms with Gasteiger partial charge in [0.25, 0.3) is 0 Å². The molecule has 40 heavy (non-hydrogen) atoms. The number of benzene rings is 3. The Hall–Kier alpha value is -3.87. The molecule has 0 aliphatic rings. The number of amides is 2. The van der Waals surface area contributed by atoms with Crippen LogP contribution in [0.1, 0.15) is 57.2 Å². The summed E-state index contributed by atoms with van der Waals surface area (Å²) in [5.41, 5.74) is 2.64. The summed E-state index contributed by atoms with van der Waals surface area (Å²) >= 11 is 0. The lowest BCUT2D eigenvalue weighted by Gasteiger charge is -2.32. The van der Waals surface area contributed by atoms with Gasteiger partial charge in [-0.15, -0.1) is 0 Å². The molecule has 0 aliphatic carbocycles. The van der Waals surface area contributed by atoms with Crippen LogP contribution < -0.4 is 14.8 Å². The highest BCUT2D eigenvalue weighted by Gasteiger charge is 2.30. The third-order valence-electron chi connectivity index (χ3n) is 6.77. The summed E-state index contributed by atoms with van der Waals surface area (Å²) in [4.78, 5) is 29.1. The molecule has 6 nitrogen and oxygen atoms in total. The van der Waals surface area contributed by atoms with Crippen LogP contribution in [0.25, 0.3) is 0 Å². The van der Waals surface area contributed by atoms with Gasteiger partial charge in [-0.25, -0.2) is 4.39 Å². The fourth-order valence-corrected chi connectivity index (χ4v) is 4.43. The summed E-state index contributed by atoms with van der Waals surface area (Å²) in [6.07, 6.45) is 1.81. The maximum atomic E-state index is 13.9. The van der Waals surface area contributed by atoms with Crippen LogP contribution in [-0.2, 0) is 29.0 Å². The molecule has 0 radical (unpaired) electrons. The van der Waals surface area contributed by atoms with E-state index >= 15 is 0 Å². The number of ether oxygens (including phenoxy) is 2. The van der Waals surface area contributed by atoms with Gasteiger partial charge < -0.3 is 19.7 Å². The molecule has 7 heteroatoms. The summed E-state index contributed by atoms with van der Waals surface area (Å²) < 4.78 is 25.1. The first-order chi connectivity index (χ1) is 19.3. The molecular formula is C33H41FN2O4. The monoisotopic (exact) mass is 548 g/mol. The van der Waals surface area contributed by atoms with Crippen molar-refractivity contribution < 1.29 is 23.5 Å². The van der Waals surface area contributed by atoms with E-state index in [-0.39, 0.29) is 36.6 Å². The van der Waals surface area contributed by atoms with Gasteiger partial charge in [-0.2, -0.15) is 0 Å². The van der Waals surface area contributed by atoms with E-state index in [1.54, 1.807) is 17.0 Å². The van der Waals surface area contributed by atoms with Crippen LogP contribution in [0.4, 0.5) is 4.39 Å². The van der Waals surface area contributed by atoms with Gasteiger partial charge in [0.1, 0.15) is 11.9 Å². The van der Waals surface area contributed by atoms with E-state index in [0.717, 1.165) is 23.1 Å².